The summed E-state index contributed by atoms with van der Waals surface area (Å²) in [6.45, 7) is 6.37. The summed E-state index contributed by atoms with van der Waals surface area (Å²) in [7, 11) is 0. The first-order valence-corrected chi connectivity index (χ1v) is 12.4. The Bertz CT molecular complexity index is 1290. The fourth-order valence-electron chi connectivity index (χ4n) is 5.13. The van der Waals surface area contributed by atoms with Crippen LogP contribution in [0.5, 0.6) is 5.75 Å². The molecule has 0 aromatic heterocycles. The van der Waals surface area contributed by atoms with Crippen molar-refractivity contribution in [2.75, 3.05) is 0 Å². The van der Waals surface area contributed by atoms with Crippen LogP contribution in [-0.4, -0.2) is 51.0 Å². The highest BCUT2D eigenvalue weighted by atomic mass is 16.6. The first-order valence-electron chi connectivity index (χ1n) is 12.4. The number of aliphatic hydroxyl groups is 2. The number of rotatable bonds is 2. The van der Waals surface area contributed by atoms with Crippen molar-refractivity contribution in [3.05, 3.63) is 63.9 Å². The van der Waals surface area contributed by atoms with Crippen LogP contribution < -0.4 is 5.32 Å². The van der Waals surface area contributed by atoms with Gasteiger partial charge in [-0.15, -0.1) is 0 Å². The number of aliphatic hydroxyl groups excluding tert-OH is 1. The van der Waals surface area contributed by atoms with Gasteiger partial charge in [-0.05, 0) is 57.2 Å². The third-order valence-electron chi connectivity index (χ3n) is 7.40. The number of amides is 1. The molecular formula is C28H31NO8. The molecule has 1 amide bonds. The number of aryl methyl sites for hydroxylation is 1. The molecule has 4 rings (SSSR count). The van der Waals surface area contributed by atoms with Gasteiger partial charge in [0.15, 0.2) is 11.6 Å². The Labute approximate surface area is 214 Å². The number of ether oxygens (including phenoxy) is 1. The Kier molecular flexibility index (Phi) is 6.96. The van der Waals surface area contributed by atoms with E-state index in [2.05, 4.69) is 5.32 Å². The van der Waals surface area contributed by atoms with Gasteiger partial charge in [-0.1, -0.05) is 19.1 Å². The summed E-state index contributed by atoms with van der Waals surface area (Å²) in [5.74, 6) is -4.31. The van der Waals surface area contributed by atoms with E-state index >= 15 is 0 Å². The fourth-order valence-corrected chi connectivity index (χ4v) is 5.13. The Balaban J connectivity index is 1.96. The Morgan fingerprint density at radius 1 is 1.16 bits per heavy atom. The number of allylic oxidation sites excluding steroid dienone is 2. The molecule has 4 N–H and O–H groups in total. The second-order valence-corrected chi connectivity index (χ2v) is 9.97. The summed E-state index contributed by atoms with van der Waals surface area (Å²) in [6.07, 6.45) is 4.68. The zero-order valence-electron chi connectivity index (χ0n) is 21.2. The lowest BCUT2D eigenvalue weighted by atomic mass is 9.72. The van der Waals surface area contributed by atoms with Crippen molar-refractivity contribution < 1.29 is 39.2 Å². The number of nitrogens with one attached hydrogen (secondary N) is 1. The number of carbonyl (C=O) groups is 4. The van der Waals surface area contributed by atoms with E-state index in [4.69, 9.17) is 4.74 Å². The first kappa shape index (κ1) is 26.5. The standard InChI is InChI=1S/C28H31NO8/c1-5-16-6-8-19(31)24-23-17(10-13(2)25(24)33)28(36)18(26(34)29-22(28)12-20(23)32)11-14(3)27(35)37-21(9-7-16)15(4)30/h7,9-12,15-16,18,21,30,33,36H,5-6,8H2,1-4H3,(H,29,34)/b9-7+,14-11?/t15?,16-,18-,21+,28-/m0/s1. The smallest absolute Gasteiger partial charge is 0.334 e. The molecule has 37 heavy (non-hydrogen) atoms. The van der Waals surface area contributed by atoms with Crippen molar-refractivity contribution in [3.63, 3.8) is 0 Å². The van der Waals surface area contributed by atoms with E-state index in [-0.39, 0.29) is 51.6 Å². The summed E-state index contributed by atoms with van der Waals surface area (Å²) >= 11 is 0. The van der Waals surface area contributed by atoms with Crippen molar-refractivity contribution >= 4 is 23.4 Å². The van der Waals surface area contributed by atoms with Gasteiger partial charge in [0.1, 0.15) is 17.5 Å². The number of Topliss-reactive ketones (excluding diaryl/α,β-unsaturated/α-hetero) is 1. The van der Waals surface area contributed by atoms with Crippen molar-refractivity contribution in [3.8, 4) is 5.75 Å². The van der Waals surface area contributed by atoms with Crippen molar-refractivity contribution in [2.45, 2.75) is 64.8 Å². The van der Waals surface area contributed by atoms with Gasteiger partial charge >= 0.3 is 5.97 Å². The topological polar surface area (TPSA) is 150 Å². The first-order chi connectivity index (χ1) is 17.4. The number of hydrogen-bond donors (Lipinski definition) is 4. The van der Waals surface area contributed by atoms with E-state index in [0.717, 1.165) is 6.08 Å². The van der Waals surface area contributed by atoms with E-state index < -0.39 is 47.2 Å². The molecule has 2 aliphatic heterocycles. The Morgan fingerprint density at radius 3 is 2.51 bits per heavy atom. The largest absolute Gasteiger partial charge is 0.507 e. The number of ketones is 2. The highest BCUT2D eigenvalue weighted by Crippen LogP contribution is 2.49. The molecule has 1 fully saturated rings. The van der Waals surface area contributed by atoms with Crippen LogP contribution >= 0.6 is 0 Å². The Morgan fingerprint density at radius 2 is 1.86 bits per heavy atom. The molecule has 1 unspecified atom stereocenters. The number of benzene rings is 1. The lowest BCUT2D eigenvalue weighted by Gasteiger charge is -2.34. The van der Waals surface area contributed by atoms with E-state index in [9.17, 15) is 34.5 Å². The molecule has 196 valence electrons. The summed E-state index contributed by atoms with van der Waals surface area (Å²) in [4.78, 5) is 52.5. The van der Waals surface area contributed by atoms with Crippen LogP contribution in [0.4, 0.5) is 0 Å². The van der Waals surface area contributed by atoms with Crippen molar-refractivity contribution in [2.24, 2.45) is 11.8 Å². The normalized spacial score (nSPS) is 29.7. The lowest BCUT2D eigenvalue weighted by Crippen LogP contribution is -2.39. The SMILES string of the molecule is CC[C@@H]1/C=C/[C@H](C(C)O)OC(=O)C(C)=C[C@H]2C(=O)NC3=CC(=O)c4c(cc(C)c(O)c4C(=O)CC1)[C@@]32O. The van der Waals surface area contributed by atoms with Crippen LogP contribution in [0.2, 0.25) is 0 Å². The highest BCUT2D eigenvalue weighted by Gasteiger charge is 2.55. The molecule has 1 aliphatic carbocycles. The number of hydrogen-bond acceptors (Lipinski definition) is 8. The number of aromatic hydroxyl groups is 1. The Hall–Kier alpha value is -3.56. The zero-order chi connectivity index (χ0) is 27.2. The van der Waals surface area contributed by atoms with Gasteiger partial charge in [-0.2, -0.15) is 0 Å². The fraction of sp³-hybridized carbons (Fsp3) is 0.429. The minimum Gasteiger partial charge on any atom is -0.507 e. The number of esters is 1. The average Bonchev–Trinajstić information content (AvgIpc) is 3.08. The minimum absolute atomic E-state index is 0.00661. The zero-order valence-corrected chi connectivity index (χ0v) is 21.2. The van der Waals surface area contributed by atoms with Crippen molar-refractivity contribution in [1.82, 2.24) is 5.32 Å². The molecule has 9 heteroatoms. The van der Waals surface area contributed by atoms with Gasteiger partial charge in [-0.3, -0.25) is 14.4 Å². The van der Waals surface area contributed by atoms with Gasteiger partial charge in [-0.25, -0.2) is 4.79 Å². The number of cyclic esters (lactones) is 1. The summed E-state index contributed by atoms with van der Waals surface area (Å²) in [5.41, 5.74) is -2.21. The van der Waals surface area contributed by atoms with Crippen LogP contribution in [0.3, 0.4) is 0 Å². The van der Waals surface area contributed by atoms with Gasteiger partial charge in [0.25, 0.3) is 0 Å². The average molecular weight is 510 g/mol. The molecule has 3 aliphatic rings. The molecule has 5 atom stereocenters. The van der Waals surface area contributed by atoms with Crippen LogP contribution in [0.15, 0.2) is 41.6 Å². The van der Waals surface area contributed by atoms with E-state index in [0.29, 0.717) is 12.8 Å². The van der Waals surface area contributed by atoms with E-state index in [1.54, 1.807) is 19.1 Å². The quantitative estimate of drug-likeness (QED) is 0.351. The monoisotopic (exact) mass is 509 g/mol. The molecule has 0 saturated carbocycles. The van der Waals surface area contributed by atoms with Crippen LogP contribution in [0.25, 0.3) is 0 Å². The van der Waals surface area contributed by atoms with E-state index in [1.165, 1.54) is 26.0 Å². The third kappa shape index (κ3) is 4.42. The molecule has 1 aromatic rings. The molecule has 9 nitrogen and oxygen atoms in total. The third-order valence-corrected chi connectivity index (χ3v) is 7.40. The maximum atomic E-state index is 13.4. The summed E-state index contributed by atoms with van der Waals surface area (Å²) < 4.78 is 5.49. The van der Waals surface area contributed by atoms with Crippen LogP contribution in [0, 0.1) is 18.8 Å². The molecular weight excluding hydrogens is 478 g/mol. The second-order valence-electron chi connectivity index (χ2n) is 9.97. The molecule has 0 spiro atoms. The molecule has 0 radical (unpaired) electrons. The van der Waals surface area contributed by atoms with E-state index in [1.807, 2.05) is 6.92 Å². The predicted molar refractivity (Wildman–Crippen MR) is 133 cm³/mol. The van der Waals surface area contributed by atoms with Gasteiger partial charge < -0.3 is 25.4 Å². The lowest BCUT2D eigenvalue weighted by molar-refractivity contribution is -0.146. The maximum absolute atomic E-state index is 13.4. The second kappa shape index (κ2) is 9.72. The molecule has 2 heterocycles. The molecule has 1 saturated heterocycles. The van der Waals surface area contributed by atoms with Crippen molar-refractivity contribution in [1.29, 1.82) is 0 Å². The summed E-state index contributed by atoms with van der Waals surface area (Å²) in [6, 6.07) is 1.39. The molecule has 4 bridgehead atoms. The van der Waals surface area contributed by atoms with Gasteiger partial charge in [0.05, 0.1) is 23.3 Å². The maximum Gasteiger partial charge on any atom is 0.334 e. The predicted octanol–water partition coefficient (Wildman–Crippen LogP) is 2.51. The van der Waals surface area contributed by atoms with Crippen LogP contribution in [-0.2, 0) is 19.9 Å². The number of carbonyl (C=O) groups excluding carboxylic acids is 4. The number of phenolic OH excluding ortho intramolecular Hbond substituents is 1. The van der Waals surface area contributed by atoms with Gasteiger partial charge in [0.2, 0.25) is 5.91 Å². The highest BCUT2D eigenvalue weighted by molar-refractivity contribution is 6.17. The van der Waals surface area contributed by atoms with Gasteiger partial charge in [0, 0.05) is 29.2 Å². The number of phenols is 1. The minimum atomic E-state index is -2.08. The van der Waals surface area contributed by atoms with Crippen LogP contribution in [0.1, 0.15) is 71.9 Å². The molecule has 1 aromatic carbocycles. The summed E-state index contributed by atoms with van der Waals surface area (Å²) in [5, 5.41) is 35.5.